The molecule has 1 aliphatic heterocycles. The van der Waals surface area contributed by atoms with E-state index in [1.54, 1.807) is 17.0 Å². The summed E-state index contributed by atoms with van der Waals surface area (Å²) in [7, 11) is 0. The van der Waals surface area contributed by atoms with Crippen LogP contribution in [0.4, 0.5) is 5.82 Å². The number of halogens is 1. The van der Waals surface area contributed by atoms with Crippen molar-refractivity contribution >= 4 is 35.2 Å². The average molecular weight is 402 g/mol. The summed E-state index contributed by atoms with van der Waals surface area (Å²) in [5.74, 6) is -1.37. The molecule has 2 heterocycles. The van der Waals surface area contributed by atoms with Crippen LogP contribution in [0.5, 0.6) is 0 Å². The number of amides is 2. The first-order valence-electron chi connectivity index (χ1n) is 8.91. The van der Waals surface area contributed by atoms with Crippen LogP contribution >= 0.6 is 11.6 Å². The van der Waals surface area contributed by atoms with Crippen LogP contribution in [0.1, 0.15) is 12.0 Å². The number of carbonyl (C=O) groups excluding carboxylic acids is 3. The number of pyridine rings is 1. The van der Waals surface area contributed by atoms with Crippen molar-refractivity contribution in [2.75, 3.05) is 25.0 Å². The maximum atomic E-state index is 12.2. The number of rotatable bonds is 7. The van der Waals surface area contributed by atoms with Gasteiger partial charge in [-0.05, 0) is 24.1 Å². The largest absolute Gasteiger partial charge is 0.455 e. The third kappa shape index (κ3) is 5.53. The summed E-state index contributed by atoms with van der Waals surface area (Å²) in [5, 5.41) is 2.96. The highest BCUT2D eigenvalue weighted by Crippen LogP contribution is 2.20. The third-order valence-electron chi connectivity index (χ3n) is 4.40. The topological polar surface area (TPSA) is 88.6 Å². The average Bonchev–Trinajstić information content (AvgIpc) is 3.08. The Morgan fingerprint density at radius 3 is 2.71 bits per heavy atom. The van der Waals surface area contributed by atoms with E-state index in [1.807, 2.05) is 30.3 Å². The van der Waals surface area contributed by atoms with Crippen molar-refractivity contribution in [2.24, 2.45) is 5.92 Å². The molecule has 7 nitrogen and oxygen atoms in total. The fourth-order valence-corrected chi connectivity index (χ4v) is 3.05. The highest BCUT2D eigenvalue weighted by molar-refractivity contribution is 6.30. The molecule has 1 aromatic carbocycles. The lowest BCUT2D eigenvalue weighted by Crippen LogP contribution is -2.29. The van der Waals surface area contributed by atoms with Crippen molar-refractivity contribution in [3.8, 4) is 0 Å². The zero-order valence-electron chi connectivity index (χ0n) is 15.1. The van der Waals surface area contributed by atoms with Gasteiger partial charge in [-0.3, -0.25) is 14.4 Å². The van der Waals surface area contributed by atoms with Crippen LogP contribution < -0.4 is 5.32 Å². The molecule has 0 spiro atoms. The first-order chi connectivity index (χ1) is 13.5. The van der Waals surface area contributed by atoms with E-state index >= 15 is 0 Å². The zero-order chi connectivity index (χ0) is 19.9. The lowest BCUT2D eigenvalue weighted by molar-refractivity contribution is -0.151. The molecule has 0 aliphatic carbocycles. The highest BCUT2D eigenvalue weighted by Gasteiger charge is 2.35. The van der Waals surface area contributed by atoms with Gasteiger partial charge in [0.05, 0.1) is 10.9 Å². The summed E-state index contributed by atoms with van der Waals surface area (Å²) in [5.41, 5.74) is 1.13. The van der Waals surface area contributed by atoms with Crippen LogP contribution in [0.2, 0.25) is 5.02 Å². The number of ether oxygens (including phenoxy) is 1. The van der Waals surface area contributed by atoms with Crippen molar-refractivity contribution in [2.45, 2.75) is 12.8 Å². The standard InChI is InChI=1S/C20H20ClN3O4/c21-16-6-7-17(22-11-16)23-18(25)13-28-20(27)15-10-19(26)24(12-15)9-8-14-4-2-1-3-5-14/h1-7,11,15H,8-10,12-13H2,(H,22,23,25)/t15-/m1/s1. The lowest BCUT2D eigenvalue weighted by Gasteiger charge is -2.16. The number of nitrogens with zero attached hydrogens (tertiary/aromatic N) is 2. The quantitative estimate of drug-likeness (QED) is 0.719. The normalized spacial score (nSPS) is 16.1. The second-order valence-corrected chi connectivity index (χ2v) is 6.93. The van der Waals surface area contributed by atoms with Crippen molar-refractivity contribution < 1.29 is 19.1 Å². The minimum Gasteiger partial charge on any atom is -0.455 e. The van der Waals surface area contributed by atoms with Gasteiger partial charge in [0.25, 0.3) is 5.91 Å². The summed E-state index contributed by atoms with van der Waals surface area (Å²) in [6.07, 6.45) is 2.23. The highest BCUT2D eigenvalue weighted by atomic mass is 35.5. The molecule has 1 N–H and O–H groups in total. The summed E-state index contributed by atoms with van der Waals surface area (Å²) in [4.78, 5) is 41.8. The number of aromatic nitrogens is 1. The van der Waals surface area contributed by atoms with Crippen molar-refractivity contribution in [1.82, 2.24) is 9.88 Å². The monoisotopic (exact) mass is 401 g/mol. The fourth-order valence-electron chi connectivity index (χ4n) is 2.94. The maximum Gasteiger partial charge on any atom is 0.311 e. The second kappa shape index (κ2) is 9.32. The Hall–Kier alpha value is -2.93. The number of benzene rings is 1. The smallest absolute Gasteiger partial charge is 0.311 e. The molecule has 0 saturated carbocycles. The molecule has 146 valence electrons. The van der Waals surface area contributed by atoms with Crippen molar-refractivity contribution in [3.05, 3.63) is 59.2 Å². The molecule has 0 radical (unpaired) electrons. The molecule has 1 aromatic heterocycles. The molecule has 0 unspecified atom stereocenters. The molecule has 1 fully saturated rings. The SMILES string of the molecule is O=C(COC(=O)[C@@H]1CC(=O)N(CCc2ccccc2)C1)Nc1ccc(Cl)cn1. The van der Waals surface area contributed by atoms with Gasteiger partial charge in [-0.25, -0.2) is 4.98 Å². The lowest BCUT2D eigenvalue weighted by atomic mass is 10.1. The minimum absolute atomic E-state index is 0.0762. The Labute approximate surface area is 167 Å². The number of hydrogen-bond donors (Lipinski definition) is 1. The van der Waals surface area contributed by atoms with E-state index in [1.165, 1.54) is 6.20 Å². The van der Waals surface area contributed by atoms with E-state index in [0.29, 0.717) is 23.9 Å². The Morgan fingerprint density at radius 1 is 1.21 bits per heavy atom. The Balaban J connectivity index is 1.42. The van der Waals surface area contributed by atoms with Gasteiger partial charge in [0, 0.05) is 25.7 Å². The van der Waals surface area contributed by atoms with Crippen LogP contribution in [0.15, 0.2) is 48.7 Å². The predicted octanol–water partition coefficient (Wildman–Crippen LogP) is 2.31. The molecule has 8 heteroatoms. The summed E-state index contributed by atoms with van der Waals surface area (Å²) >= 11 is 5.73. The fraction of sp³-hybridized carbons (Fsp3) is 0.300. The molecule has 0 bridgehead atoms. The molecule has 1 atom stereocenters. The number of carbonyl (C=O) groups is 3. The van der Waals surface area contributed by atoms with Crippen molar-refractivity contribution in [3.63, 3.8) is 0 Å². The molecule has 3 rings (SSSR count). The van der Waals surface area contributed by atoms with Crippen LogP contribution in [-0.4, -0.2) is 47.4 Å². The van der Waals surface area contributed by atoms with Crippen LogP contribution in [0.25, 0.3) is 0 Å². The number of esters is 1. The van der Waals surface area contributed by atoms with E-state index in [2.05, 4.69) is 10.3 Å². The maximum absolute atomic E-state index is 12.2. The van der Waals surface area contributed by atoms with Gasteiger partial charge in [-0.2, -0.15) is 0 Å². The van der Waals surface area contributed by atoms with Crippen LogP contribution in [0, 0.1) is 5.92 Å². The van der Waals surface area contributed by atoms with E-state index in [4.69, 9.17) is 16.3 Å². The van der Waals surface area contributed by atoms with Crippen LogP contribution in [-0.2, 0) is 25.5 Å². The number of anilines is 1. The van der Waals surface area contributed by atoms with Gasteiger partial charge in [-0.15, -0.1) is 0 Å². The second-order valence-electron chi connectivity index (χ2n) is 6.49. The molecule has 28 heavy (non-hydrogen) atoms. The van der Waals surface area contributed by atoms with Gasteiger partial charge in [0.15, 0.2) is 6.61 Å². The minimum atomic E-state index is -0.551. The Morgan fingerprint density at radius 2 is 2.00 bits per heavy atom. The zero-order valence-corrected chi connectivity index (χ0v) is 15.9. The molecular formula is C20H20ClN3O4. The van der Waals surface area contributed by atoms with Gasteiger partial charge in [-0.1, -0.05) is 41.9 Å². The number of nitrogens with one attached hydrogen (secondary N) is 1. The summed E-state index contributed by atoms with van der Waals surface area (Å²) in [6, 6.07) is 13.0. The Bertz CT molecular complexity index is 842. The summed E-state index contributed by atoms with van der Waals surface area (Å²) < 4.78 is 5.06. The van der Waals surface area contributed by atoms with Gasteiger partial charge in [0.1, 0.15) is 5.82 Å². The third-order valence-corrected chi connectivity index (χ3v) is 4.63. The summed E-state index contributed by atoms with van der Waals surface area (Å²) in [6.45, 7) is 0.429. The molecule has 1 saturated heterocycles. The molecule has 2 aromatic rings. The first kappa shape index (κ1) is 19.8. The number of likely N-dealkylation sites (tertiary alicyclic amines) is 1. The van der Waals surface area contributed by atoms with E-state index in [-0.39, 0.29) is 12.3 Å². The molecular weight excluding hydrogens is 382 g/mol. The van der Waals surface area contributed by atoms with Crippen LogP contribution in [0.3, 0.4) is 0 Å². The first-order valence-corrected chi connectivity index (χ1v) is 9.29. The molecule has 1 aliphatic rings. The van der Waals surface area contributed by atoms with Crippen molar-refractivity contribution in [1.29, 1.82) is 0 Å². The van der Waals surface area contributed by atoms with Gasteiger partial charge < -0.3 is 15.0 Å². The van der Waals surface area contributed by atoms with Gasteiger partial charge in [0.2, 0.25) is 5.91 Å². The van der Waals surface area contributed by atoms with E-state index in [0.717, 1.165) is 12.0 Å². The molecule has 2 amide bonds. The Kier molecular flexibility index (Phi) is 6.60. The van der Waals surface area contributed by atoms with E-state index in [9.17, 15) is 14.4 Å². The number of hydrogen-bond acceptors (Lipinski definition) is 5. The van der Waals surface area contributed by atoms with E-state index < -0.39 is 24.4 Å². The predicted molar refractivity (Wildman–Crippen MR) is 104 cm³/mol. The van der Waals surface area contributed by atoms with Gasteiger partial charge >= 0.3 is 5.97 Å².